The molecule has 0 saturated heterocycles. The van der Waals surface area contributed by atoms with E-state index >= 15 is 0 Å². The van der Waals surface area contributed by atoms with Crippen molar-refractivity contribution in [2.24, 2.45) is 0 Å². The third-order valence-corrected chi connectivity index (χ3v) is 5.64. The van der Waals surface area contributed by atoms with Crippen molar-refractivity contribution in [1.29, 1.82) is 0 Å². The van der Waals surface area contributed by atoms with E-state index in [1.165, 1.54) is 10.5 Å². The van der Waals surface area contributed by atoms with Crippen LogP contribution in [0.1, 0.15) is 31.8 Å². The second-order valence-electron chi connectivity index (χ2n) is 5.69. The highest BCUT2D eigenvalue weighted by atomic mass is 32.2. The molecule has 0 atom stereocenters. The first-order valence-electron chi connectivity index (χ1n) is 7.33. The van der Waals surface area contributed by atoms with Gasteiger partial charge in [0.1, 0.15) is 0 Å². The molecule has 0 unspecified atom stereocenters. The van der Waals surface area contributed by atoms with Crippen LogP contribution in [0.4, 0.5) is 0 Å². The first-order chi connectivity index (χ1) is 11.2. The van der Waals surface area contributed by atoms with Crippen molar-refractivity contribution in [1.82, 2.24) is 0 Å². The Bertz CT molecular complexity index is 1040. The molecule has 0 amide bonds. The van der Waals surface area contributed by atoms with Crippen molar-refractivity contribution < 1.29 is 14.3 Å². The summed E-state index contributed by atoms with van der Waals surface area (Å²) in [4.78, 5) is 26.4. The van der Waals surface area contributed by atoms with Crippen LogP contribution in [0, 0.1) is 0 Å². The monoisotopic (exact) mass is 318 g/mol. The van der Waals surface area contributed by atoms with Gasteiger partial charge in [0.2, 0.25) is 0 Å². The molecule has 0 radical (unpaired) electrons. The fourth-order valence-corrected chi connectivity index (χ4v) is 4.46. The van der Waals surface area contributed by atoms with Gasteiger partial charge in [0.15, 0.2) is 0 Å². The van der Waals surface area contributed by atoms with Crippen LogP contribution < -0.4 is 0 Å². The normalized spacial score (nSPS) is 15.1. The molecule has 3 aromatic rings. The maximum absolute atomic E-state index is 12.2. The molecular weight excluding hydrogens is 308 g/mol. The van der Waals surface area contributed by atoms with E-state index in [9.17, 15) is 9.59 Å². The maximum atomic E-state index is 12.2. The van der Waals surface area contributed by atoms with Gasteiger partial charge in [-0.3, -0.25) is 0 Å². The van der Waals surface area contributed by atoms with Gasteiger partial charge < -0.3 is 4.74 Å². The molecule has 4 heteroatoms. The van der Waals surface area contributed by atoms with E-state index in [1.807, 2.05) is 24.3 Å². The SMILES string of the molecule is O=C1OC(=O)c2c1ccc1ccc3c(c21)Cc1ccccc1S3. The van der Waals surface area contributed by atoms with E-state index in [1.54, 1.807) is 17.8 Å². The topological polar surface area (TPSA) is 43.4 Å². The van der Waals surface area contributed by atoms with E-state index in [0.717, 1.165) is 27.7 Å². The van der Waals surface area contributed by atoms with Gasteiger partial charge >= 0.3 is 11.9 Å². The first-order valence-corrected chi connectivity index (χ1v) is 8.15. The summed E-state index contributed by atoms with van der Waals surface area (Å²) < 4.78 is 4.82. The van der Waals surface area contributed by atoms with Gasteiger partial charge in [-0.25, -0.2) is 9.59 Å². The fourth-order valence-electron chi connectivity index (χ4n) is 3.37. The molecule has 110 valence electrons. The molecule has 5 rings (SSSR count). The minimum atomic E-state index is -0.548. The Labute approximate surface area is 136 Å². The molecule has 2 heterocycles. The van der Waals surface area contributed by atoms with E-state index in [0.29, 0.717) is 11.1 Å². The summed E-state index contributed by atoms with van der Waals surface area (Å²) >= 11 is 1.71. The number of carbonyl (C=O) groups is 2. The van der Waals surface area contributed by atoms with Crippen molar-refractivity contribution in [2.45, 2.75) is 16.2 Å². The van der Waals surface area contributed by atoms with E-state index in [4.69, 9.17) is 4.74 Å². The molecule has 0 aliphatic carbocycles. The highest BCUT2D eigenvalue weighted by molar-refractivity contribution is 7.99. The molecule has 0 N–H and O–H groups in total. The fraction of sp³-hybridized carbons (Fsp3) is 0.0526. The summed E-state index contributed by atoms with van der Waals surface area (Å²) in [6.07, 6.45) is 0.758. The zero-order valence-corrected chi connectivity index (χ0v) is 12.8. The molecule has 0 aromatic heterocycles. The molecule has 23 heavy (non-hydrogen) atoms. The summed E-state index contributed by atoms with van der Waals surface area (Å²) in [7, 11) is 0. The van der Waals surface area contributed by atoms with Crippen LogP contribution in [0.5, 0.6) is 0 Å². The zero-order valence-electron chi connectivity index (χ0n) is 12.0. The Morgan fingerprint density at radius 2 is 1.70 bits per heavy atom. The smallest absolute Gasteiger partial charge is 0.347 e. The van der Waals surface area contributed by atoms with Gasteiger partial charge in [0, 0.05) is 21.6 Å². The predicted molar refractivity (Wildman–Crippen MR) is 87.1 cm³/mol. The van der Waals surface area contributed by atoms with Crippen molar-refractivity contribution in [3.05, 3.63) is 70.8 Å². The van der Waals surface area contributed by atoms with Crippen molar-refractivity contribution in [3.63, 3.8) is 0 Å². The lowest BCUT2D eigenvalue weighted by molar-refractivity contribution is 0.0444. The van der Waals surface area contributed by atoms with Gasteiger partial charge in [-0.15, -0.1) is 0 Å². The van der Waals surface area contributed by atoms with Crippen LogP contribution >= 0.6 is 11.8 Å². The van der Waals surface area contributed by atoms with Crippen molar-refractivity contribution >= 4 is 34.5 Å². The summed E-state index contributed by atoms with van der Waals surface area (Å²) in [5, 5.41) is 1.83. The van der Waals surface area contributed by atoms with Crippen LogP contribution in [0.15, 0.2) is 58.3 Å². The highest BCUT2D eigenvalue weighted by Crippen LogP contribution is 2.44. The number of ether oxygens (including phenoxy) is 1. The number of carbonyl (C=O) groups excluding carboxylic acids is 2. The van der Waals surface area contributed by atoms with Gasteiger partial charge in [-0.1, -0.05) is 42.1 Å². The molecule has 0 fully saturated rings. The average molecular weight is 318 g/mol. The number of cyclic esters (lactones) is 2. The third-order valence-electron chi connectivity index (χ3n) is 4.42. The second kappa shape index (κ2) is 4.46. The predicted octanol–water partition coefficient (Wildman–Crippen LogP) is 4.21. The summed E-state index contributed by atoms with van der Waals surface area (Å²) in [5.74, 6) is -1.08. The Hall–Kier alpha value is -2.59. The standard InChI is InChI=1S/C19H10O3S/c20-18-12-7-5-10-6-8-15-13(16(10)17(12)19(21)22-18)9-11-3-1-2-4-14(11)23-15/h1-8H,9H2. The zero-order chi connectivity index (χ0) is 15.6. The summed E-state index contributed by atoms with van der Waals surface area (Å²) in [5.41, 5.74) is 3.14. The third kappa shape index (κ3) is 1.72. The van der Waals surface area contributed by atoms with E-state index in [2.05, 4.69) is 18.2 Å². The van der Waals surface area contributed by atoms with Gasteiger partial charge in [-0.05, 0) is 34.7 Å². The molecule has 2 aliphatic rings. The lowest BCUT2D eigenvalue weighted by Crippen LogP contribution is -2.04. The number of benzene rings is 3. The number of hydrogen-bond donors (Lipinski definition) is 0. The lowest BCUT2D eigenvalue weighted by atomic mass is 9.92. The summed E-state index contributed by atoms with van der Waals surface area (Å²) in [6.45, 7) is 0. The quantitative estimate of drug-likeness (QED) is 0.360. The Morgan fingerprint density at radius 3 is 2.61 bits per heavy atom. The molecule has 3 aromatic carbocycles. The Morgan fingerprint density at radius 1 is 0.870 bits per heavy atom. The number of esters is 2. The van der Waals surface area contributed by atoms with Crippen molar-refractivity contribution in [3.8, 4) is 0 Å². The van der Waals surface area contributed by atoms with Crippen molar-refractivity contribution in [2.75, 3.05) is 0 Å². The maximum Gasteiger partial charge on any atom is 0.347 e. The molecule has 0 bridgehead atoms. The minimum Gasteiger partial charge on any atom is -0.386 e. The molecule has 3 nitrogen and oxygen atoms in total. The molecule has 0 spiro atoms. The van der Waals surface area contributed by atoms with Gasteiger partial charge in [-0.2, -0.15) is 0 Å². The number of hydrogen-bond acceptors (Lipinski definition) is 4. The number of fused-ring (bicyclic) bond motifs is 6. The number of rotatable bonds is 0. The average Bonchev–Trinajstić information content (AvgIpc) is 2.87. The van der Waals surface area contributed by atoms with Gasteiger partial charge in [0.05, 0.1) is 11.1 Å². The van der Waals surface area contributed by atoms with Crippen LogP contribution in [0.25, 0.3) is 10.8 Å². The summed E-state index contributed by atoms with van der Waals surface area (Å²) in [6, 6.07) is 15.9. The Balaban J connectivity index is 1.85. The Kier molecular flexibility index (Phi) is 2.50. The van der Waals surface area contributed by atoms with E-state index < -0.39 is 11.9 Å². The van der Waals surface area contributed by atoms with Crippen LogP contribution in [-0.2, 0) is 11.2 Å². The minimum absolute atomic E-state index is 0.375. The molecule has 2 aliphatic heterocycles. The molecular formula is C19H10O3S. The van der Waals surface area contributed by atoms with Crippen LogP contribution in [0.3, 0.4) is 0 Å². The van der Waals surface area contributed by atoms with Crippen LogP contribution in [0.2, 0.25) is 0 Å². The lowest BCUT2D eigenvalue weighted by Gasteiger charge is -2.21. The second-order valence-corrected chi connectivity index (χ2v) is 6.78. The molecule has 0 saturated carbocycles. The van der Waals surface area contributed by atoms with Crippen LogP contribution in [-0.4, -0.2) is 11.9 Å². The van der Waals surface area contributed by atoms with Gasteiger partial charge in [0.25, 0.3) is 0 Å². The largest absolute Gasteiger partial charge is 0.386 e. The first kappa shape index (κ1) is 12.9. The van der Waals surface area contributed by atoms with E-state index in [-0.39, 0.29) is 0 Å². The highest BCUT2D eigenvalue weighted by Gasteiger charge is 2.33.